The van der Waals surface area contributed by atoms with Crippen LogP contribution in [0.25, 0.3) is 0 Å². The average Bonchev–Trinajstić information content (AvgIpc) is 2.98. The van der Waals surface area contributed by atoms with Crippen molar-refractivity contribution < 1.29 is 19.2 Å². The third-order valence-corrected chi connectivity index (χ3v) is 6.12. The number of carbonyl (C=O) groups excluding carboxylic acids is 4. The number of imide groups is 1. The van der Waals surface area contributed by atoms with E-state index in [0.29, 0.717) is 48.3 Å². The van der Waals surface area contributed by atoms with Gasteiger partial charge in [0.15, 0.2) is 5.78 Å². The van der Waals surface area contributed by atoms with Gasteiger partial charge in [-0.1, -0.05) is 42.0 Å². The van der Waals surface area contributed by atoms with Crippen molar-refractivity contribution in [3.8, 4) is 0 Å². The zero-order valence-corrected chi connectivity index (χ0v) is 17.8. The number of amides is 2. The number of ketones is 2. The maximum Gasteiger partial charge on any atom is 0.262 e. The van der Waals surface area contributed by atoms with Gasteiger partial charge in [0.1, 0.15) is 5.78 Å². The summed E-state index contributed by atoms with van der Waals surface area (Å²) >= 11 is 5.87. The first-order chi connectivity index (χ1) is 14.8. The van der Waals surface area contributed by atoms with E-state index < -0.39 is 17.9 Å². The van der Waals surface area contributed by atoms with Crippen LogP contribution in [-0.2, 0) is 22.4 Å². The highest BCUT2D eigenvalue weighted by Gasteiger charge is 2.43. The topological polar surface area (TPSA) is 71.5 Å². The van der Waals surface area contributed by atoms with Crippen LogP contribution in [0.2, 0.25) is 5.02 Å². The molecule has 1 fully saturated rings. The van der Waals surface area contributed by atoms with Crippen LogP contribution in [0.3, 0.4) is 0 Å². The minimum Gasteiger partial charge on any atom is -0.299 e. The number of benzene rings is 2. The van der Waals surface area contributed by atoms with E-state index in [2.05, 4.69) is 6.58 Å². The summed E-state index contributed by atoms with van der Waals surface area (Å²) in [4.78, 5) is 51.6. The number of allylic oxidation sites excluding steroid dienone is 1. The average molecular weight is 436 g/mol. The summed E-state index contributed by atoms with van der Waals surface area (Å²) in [6.07, 6.45) is 2.39. The van der Waals surface area contributed by atoms with Crippen molar-refractivity contribution in [1.82, 2.24) is 4.90 Å². The zero-order chi connectivity index (χ0) is 22.1. The van der Waals surface area contributed by atoms with Crippen LogP contribution in [-0.4, -0.2) is 34.3 Å². The number of rotatable bonds is 6. The van der Waals surface area contributed by atoms with E-state index in [-0.39, 0.29) is 18.0 Å². The second-order valence-electron chi connectivity index (χ2n) is 8.15. The van der Waals surface area contributed by atoms with Crippen molar-refractivity contribution in [2.45, 2.75) is 44.6 Å². The van der Waals surface area contributed by atoms with Gasteiger partial charge in [0.25, 0.3) is 11.8 Å². The molecule has 2 aromatic carbocycles. The quantitative estimate of drug-likeness (QED) is 0.499. The van der Waals surface area contributed by atoms with Gasteiger partial charge in [0.05, 0.1) is 17.2 Å². The lowest BCUT2D eigenvalue weighted by Crippen LogP contribution is -2.46. The molecule has 2 aromatic rings. The van der Waals surface area contributed by atoms with Crippen molar-refractivity contribution in [3.05, 3.63) is 81.9 Å². The van der Waals surface area contributed by atoms with Crippen molar-refractivity contribution in [2.75, 3.05) is 0 Å². The van der Waals surface area contributed by atoms with Gasteiger partial charge >= 0.3 is 0 Å². The molecule has 5 nitrogen and oxygen atoms in total. The fraction of sp³-hybridized carbons (Fsp3) is 0.280. The molecule has 6 heteroatoms. The van der Waals surface area contributed by atoms with Gasteiger partial charge in [-0.2, -0.15) is 0 Å². The molecule has 0 spiro atoms. The maximum absolute atomic E-state index is 12.9. The first-order valence-electron chi connectivity index (χ1n) is 10.3. The Balaban J connectivity index is 1.43. The van der Waals surface area contributed by atoms with Gasteiger partial charge in [-0.05, 0) is 54.7 Å². The van der Waals surface area contributed by atoms with Crippen molar-refractivity contribution in [3.63, 3.8) is 0 Å². The Hall–Kier alpha value is -3.05. The first-order valence-corrected chi connectivity index (χ1v) is 10.7. The van der Waals surface area contributed by atoms with Crippen LogP contribution < -0.4 is 0 Å². The van der Waals surface area contributed by atoms with Crippen molar-refractivity contribution >= 4 is 35.0 Å². The molecule has 158 valence electrons. The van der Waals surface area contributed by atoms with Gasteiger partial charge in [-0.15, -0.1) is 0 Å². The van der Waals surface area contributed by atoms with Gasteiger partial charge in [-0.25, -0.2) is 0 Å². The maximum atomic E-state index is 12.9. The normalized spacial score (nSPS) is 18.5. The molecule has 2 aliphatic rings. The summed E-state index contributed by atoms with van der Waals surface area (Å²) in [6.45, 7) is 3.84. The number of Topliss-reactive ketones (excluding diaryl/α,β-unsaturated/α-hetero) is 2. The molecule has 4 rings (SSSR count). The monoisotopic (exact) mass is 435 g/mol. The molecule has 1 unspecified atom stereocenters. The molecule has 0 bridgehead atoms. The van der Waals surface area contributed by atoms with Crippen molar-refractivity contribution in [1.29, 1.82) is 0 Å². The highest BCUT2D eigenvalue weighted by Crippen LogP contribution is 2.31. The standard InChI is InChI=1S/C25H22ClNO4/c1-15-2-11-22(23(29)12-15)27-24(30)20-10-6-17(14-21(20)25(27)31)5-9-19(28)13-16-3-7-18(26)8-4-16/h3-4,6-8,10,14,22H,1-2,5,9,11-13H2. The van der Waals surface area contributed by atoms with E-state index in [1.807, 2.05) is 12.1 Å². The summed E-state index contributed by atoms with van der Waals surface area (Å²) < 4.78 is 0. The SMILES string of the molecule is C=C1CCC(N2C(=O)c3ccc(CCC(=O)Cc4ccc(Cl)cc4)cc3C2=O)C(=O)C1. The van der Waals surface area contributed by atoms with Gasteiger partial charge < -0.3 is 0 Å². The fourth-order valence-electron chi connectivity index (χ4n) is 4.17. The summed E-state index contributed by atoms with van der Waals surface area (Å²) in [5.74, 6) is -0.907. The Morgan fingerprint density at radius 2 is 1.68 bits per heavy atom. The number of carbonyl (C=O) groups is 4. The summed E-state index contributed by atoms with van der Waals surface area (Å²) in [5, 5.41) is 0.627. The molecule has 1 saturated carbocycles. The summed E-state index contributed by atoms with van der Waals surface area (Å²) in [5.41, 5.74) is 3.18. The number of nitrogens with zero attached hydrogens (tertiary/aromatic N) is 1. The number of fused-ring (bicyclic) bond motifs is 1. The predicted molar refractivity (Wildman–Crippen MR) is 117 cm³/mol. The summed E-state index contributed by atoms with van der Waals surface area (Å²) in [6, 6.07) is 11.5. The van der Waals surface area contributed by atoms with Crippen LogP contribution in [0.1, 0.15) is 57.5 Å². The van der Waals surface area contributed by atoms with Crippen LogP contribution >= 0.6 is 11.6 Å². The van der Waals surface area contributed by atoms with Crippen LogP contribution in [0.15, 0.2) is 54.6 Å². The minimum absolute atomic E-state index is 0.0832. The predicted octanol–water partition coefficient (Wildman–Crippen LogP) is 4.36. The van der Waals surface area contributed by atoms with E-state index in [9.17, 15) is 19.2 Å². The molecule has 0 radical (unpaired) electrons. The van der Waals surface area contributed by atoms with E-state index in [1.54, 1.807) is 30.3 Å². The number of halogens is 1. The van der Waals surface area contributed by atoms with Gasteiger partial charge in [0.2, 0.25) is 0 Å². The van der Waals surface area contributed by atoms with E-state index in [0.717, 1.165) is 21.6 Å². The van der Waals surface area contributed by atoms with E-state index >= 15 is 0 Å². The molecule has 1 heterocycles. The molecule has 0 aromatic heterocycles. The van der Waals surface area contributed by atoms with E-state index in [4.69, 9.17) is 11.6 Å². The van der Waals surface area contributed by atoms with Gasteiger partial charge in [0, 0.05) is 24.3 Å². The smallest absolute Gasteiger partial charge is 0.262 e. The second kappa shape index (κ2) is 8.60. The summed E-state index contributed by atoms with van der Waals surface area (Å²) in [7, 11) is 0. The number of hydrogen-bond donors (Lipinski definition) is 0. The minimum atomic E-state index is -0.720. The zero-order valence-electron chi connectivity index (χ0n) is 17.0. The molecule has 0 saturated heterocycles. The Kier molecular flexibility index (Phi) is 5.88. The number of aryl methyl sites for hydroxylation is 1. The highest BCUT2D eigenvalue weighted by atomic mass is 35.5. The molecule has 31 heavy (non-hydrogen) atoms. The number of hydrogen-bond acceptors (Lipinski definition) is 4. The molecule has 0 N–H and O–H groups in total. The van der Waals surface area contributed by atoms with Crippen LogP contribution in [0, 0.1) is 0 Å². The Morgan fingerprint density at radius 1 is 1.00 bits per heavy atom. The lowest BCUT2D eigenvalue weighted by atomic mass is 9.89. The first kappa shape index (κ1) is 21.2. The Bertz CT molecular complexity index is 1100. The molecule has 1 atom stereocenters. The lowest BCUT2D eigenvalue weighted by molar-refractivity contribution is -0.123. The highest BCUT2D eigenvalue weighted by molar-refractivity contribution is 6.30. The van der Waals surface area contributed by atoms with Crippen LogP contribution in [0.4, 0.5) is 0 Å². The second-order valence-corrected chi connectivity index (χ2v) is 8.59. The lowest BCUT2D eigenvalue weighted by Gasteiger charge is -2.29. The Labute approximate surface area is 185 Å². The Morgan fingerprint density at radius 3 is 2.39 bits per heavy atom. The van der Waals surface area contributed by atoms with Gasteiger partial charge in [-0.3, -0.25) is 24.1 Å². The molecule has 1 aliphatic heterocycles. The molecule has 2 amide bonds. The fourth-order valence-corrected chi connectivity index (χ4v) is 4.30. The molecular formula is C25H22ClNO4. The molecular weight excluding hydrogens is 414 g/mol. The third kappa shape index (κ3) is 4.37. The van der Waals surface area contributed by atoms with E-state index in [1.165, 1.54) is 0 Å². The third-order valence-electron chi connectivity index (χ3n) is 5.87. The van der Waals surface area contributed by atoms with Crippen molar-refractivity contribution in [2.24, 2.45) is 0 Å². The largest absolute Gasteiger partial charge is 0.299 e. The molecule has 1 aliphatic carbocycles. The van der Waals surface area contributed by atoms with Crippen LogP contribution in [0.5, 0.6) is 0 Å².